The van der Waals surface area contributed by atoms with Crippen molar-refractivity contribution >= 4 is 5.97 Å². The zero-order chi connectivity index (χ0) is 12.0. The van der Waals surface area contributed by atoms with Crippen LogP contribution in [-0.2, 0) is 9.53 Å². The number of benzene rings is 1. The highest BCUT2D eigenvalue weighted by atomic mass is 16.5. The summed E-state index contributed by atoms with van der Waals surface area (Å²) >= 11 is 0. The van der Waals surface area contributed by atoms with Crippen LogP contribution in [0.15, 0.2) is 24.3 Å². The molecule has 0 aliphatic carbocycles. The number of methoxy groups -OCH3 is 1. The second-order valence-corrected chi connectivity index (χ2v) is 3.39. The summed E-state index contributed by atoms with van der Waals surface area (Å²) in [5.41, 5.74) is 6.75. The Morgan fingerprint density at radius 2 is 2.25 bits per heavy atom. The lowest BCUT2D eigenvalue weighted by molar-refractivity contribution is -0.141. The predicted molar refractivity (Wildman–Crippen MR) is 61.2 cm³/mol. The van der Waals surface area contributed by atoms with E-state index in [0.29, 0.717) is 6.61 Å². The number of carbonyl (C=O) groups is 1. The van der Waals surface area contributed by atoms with Gasteiger partial charge in [-0.2, -0.15) is 0 Å². The van der Waals surface area contributed by atoms with E-state index in [0.717, 1.165) is 11.3 Å². The summed E-state index contributed by atoms with van der Waals surface area (Å²) in [4.78, 5) is 11.1. The summed E-state index contributed by atoms with van der Waals surface area (Å²) in [5.74, 6) is 0.453. The fourth-order valence-electron chi connectivity index (χ4n) is 1.38. The van der Waals surface area contributed by atoms with Crippen LogP contribution in [0.2, 0.25) is 0 Å². The van der Waals surface area contributed by atoms with Crippen molar-refractivity contribution in [1.29, 1.82) is 0 Å². The molecule has 4 heteroatoms. The maximum atomic E-state index is 11.1. The SMILES string of the molecule is CCOc1cccc(C(N)CC(=O)OC)c1. The number of ether oxygens (including phenoxy) is 2. The van der Waals surface area contributed by atoms with Gasteiger partial charge in [0.05, 0.1) is 20.1 Å². The van der Waals surface area contributed by atoms with E-state index in [4.69, 9.17) is 10.5 Å². The van der Waals surface area contributed by atoms with Crippen LogP contribution in [0, 0.1) is 0 Å². The molecule has 0 amide bonds. The maximum absolute atomic E-state index is 11.1. The number of carbonyl (C=O) groups excluding carboxylic acids is 1. The first kappa shape index (κ1) is 12.5. The fraction of sp³-hybridized carbons (Fsp3) is 0.417. The van der Waals surface area contributed by atoms with Crippen molar-refractivity contribution < 1.29 is 14.3 Å². The van der Waals surface area contributed by atoms with Gasteiger partial charge in [-0.3, -0.25) is 4.79 Å². The predicted octanol–water partition coefficient (Wildman–Crippen LogP) is 1.65. The van der Waals surface area contributed by atoms with Crippen LogP contribution in [-0.4, -0.2) is 19.7 Å². The third kappa shape index (κ3) is 3.55. The Morgan fingerprint density at radius 1 is 1.50 bits per heavy atom. The average Bonchev–Trinajstić information content (AvgIpc) is 2.29. The van der Waals surface area contributed by atoms with E-state index in [1.807, 2.05) is 31.2 Å². The van der Waals surface area contributed by atoms with Crippen LogP contribution in [0.3, 0.4) is 0 Å². The summed E-state index contributed by atoms with van der Waals surface area (Å²) in [7, 11) is 1.35. The van der Waals surface area contributed by atoms with Gasteiger partial charge in [0, 0.05) is 6.04 Å². The smallest absolute Gasteiger partial charge is 0.307 e. The first-order valence-electron chi connectivity index (χ1n) is 5.22. The van der Waals surface area contributed by atoms with E-state index < -0.39 is 0 Å². The summed E-state index contributed by atoms with van der Waals surface area (Å²) in [6.07, 6.45) is 0.173. The van der Waals surface area contributed by atoms with E-state index in [1.54, 1.807) is 0 Å². The molecule has 0 spiro atoms. The maximum Gasteiger partial charge on any atom is 0.307 e. The molecule has 16 heavy (non-hydrogen) atoms. The standard InChI is InChI=1S/C12H17NO3/c1-3-16-10-6-4-5-9(7-10)11(13)8-12(14)15-2/h4-7,11H,3,8,13H2,1-2H3. The molecule has 0 aromatic heterocycles. The quantitative estimate of drug-likeness (QED) is 0.771. The molecule has 1 unspecified atom stereocenters. The fourth-order valence-corrected chi connectivity index (χ4v) is 1.38. The number of nitrogens with two attached hydrogens (primary N) is 1. The van der Waals surface area contributed by atoms with E-state index in [1.165, 1.54) is 7.11 Å². The lowest BCUT2D eigenvalue weighted by Gasteiger charge is -2.12. The molecule has 0 bridgehead atoms. The lowest BCUT2D eigenvalue weighted by Crippen LogP contribution is -2.16. The zero-order valence-electron chi connectivity index (χ0n) is 9.60. The molecule has 0 saturated carbocycles. The van der Waals surface area contributed by atoms with Crippen LogP contribution in [0.25, 0.3) is 0 Å². The topological polar surface area (TPSA) is 61.5 Å². The van der Waals surface area contributed by atoms with Gasteiger partial charge in [-0.1, -0.05) is 12.1 Å². The highest BCUT2D eigenvalue weighted by molar-refractivity contribution is 5.70. The van der Waals surface area contributed by atoms with Crippen molar-refractivity contribution in [2.45, 2.75) is 19.4 Å². The summed E-state index contributed by atoms with van der Waals surface area (Å²) in [6.45, 7) is 2.52. The van der Waals surface area contributed by atoms with E-state index in [2.05, 4.69) is 4.74 Å². The molecule has 0 aliphatic heterocycles. The largest absolute Gasteiger partial charge is 0.494 e. The molecule has 0 fully saturated rings. The van der Waals surface area contributed by atoms with Crippen molar-refractivity contribution in [1.82, 2.24) is 0 Å². The van der Waals surface area contributed by atoms with Gasteiger partial charge in [-0.05, 0) is 24.6 Å². The van der Waals surface area contributed by atoms with Crippen molar-refractivity contribution in [3.8, 4) is 5.75 Å². The van der Waals surface area contributed by atoms with Crippen LogP contribution in [0.4, 0.5) is 0 Å². The van der Waals surface area contributed by atoms with Gasteiger partial charge in [-0.15, -0.1) is 0 Å². The normalized spacial score (nSPS) is 11.9. The highest BCUT2D eigenvalue weighted by Gasteiger charge is 2.12. The molecule has 4 nitrogen and oxygen atoms in total. The Bertz CT molecular complexity index is 352. The molecular weight excluding hydrogens is 206 g/mol. The Morgan fingerprint density at radius 3 is 2.88 bits per heavy atom. The Hall–Kier alpha value is -1.55. The minimum absolute atomic E-state index is 0.173. The number of rotatable bonds is 5. The molecule has 1 rings (SSSR count). The molecular formula is C12H17NO3. The van der Waals surface area contributed by atoms with Gasteiger partial charge in [0.25, 0.3) is 0 Å². The monoisotopic (exact) mass is 223 g/mol. The zero-order valence-corrected chi connectivity index (χ0v) is 9.60. The summed E-state index contributed by atoms with van der Waals surface area (Å²) < 4.78 is 9.93. The molecule has 0 heterocycles. The Labute approximate surface area is 95.3 Å². The van der Waals surface area contributed by atoms with Gasteiger partial charge in [0.15, 0.2) is 0 Å². The van der Waals surface area contributed by atoms with Gasteiger partial charge in [-0.25, -0.2) is 0 Å². The van der Waals surface area contributed by atoms with E-state index >= 15 is 0 Å². The van der Waals surface area contributed by atoms with Gasteiger partial charge in [0.1, 0.15) is 5.75 Å². The summed E-state index contributed by atoms with van der Waals surface area (Å²) in [5, 5.41) is 0. The molecule has 1 aromatic carbocycles. The molecule has 2 N–H and O–H groups in total. The minimum Gasteiger partial charge on any atom is -0.494 e. The minimum atomic E-state index is -0.354. The lowest BCUT2D eigenvalue weighted by atomic mass is 10.0. The van der Waals surface area contributed by atoms with Crippen LogP contribution < -0.4 is 10.5 Å². The molecule has 0 radical (unpaired) electrons. The number of hydrogen-bond donors (Lipinski definition) is 1. The van der Waals surface area contributed by atoms with Crippen molar-refractivity contribution in [3.05, 3.63) is 29.8 Å². The second-order valence-electron chi connectivity index (χ2n) is 3.39. The Balaban J connectivity index is 2.71. The third-order valence-corrected chi connectivity index (χ3v) is 2.21. The number of hydrogen-bond acceptors (Lipinski definition) is 4. The van der Waals surface area contributed by atoms with Gasteiger partial charge < -0.3 is 15.2 Å². The van der Waals surface area contributed by atoms with Crippen molar-refractivity contribution in [2.24, 2.45) is 5.73 Å². The first-order valence-corrected chi connectivity index (χ1v) is 5.22. The molecule has 0 aliphatic rings. The van der Waals surface area contributed by atoms with Crippen LogP contribution in [0.1, 0.15) is 24.9 Å². The third-order valence-electron chi connectivity index (χ3n) is 2.21. The molecule has 88 valence electrons. The average molecular weight is 223 g/mol. The highest BCUT2D eigenvalue weighted by Crippen LogP contribution is 2.20. The van der Waals surface area contributed by atoms with Crippen molar-refractivity contribution in [3.63, 3.8) is 0 Å². The first-order chi connectivity index (χ1) is 7.67. The number of esters is 1. The van der Waals surface area contributed by atoms with Crippen LogP contribution in [0.5, 0.6) is 5.75 Å². The van der Waals surface area contributed by atoms with Crippen molar-refractivity contribution in [2.75, 3.05) is 13.7 Å². The molecule has 1 atom stereocenters. The summed E-state index contributed by atoms with van der Waals surface area (Å²) in [6, 6.07) is 7.08. The molecule has 0 saturated heterocycles. The second kappa shape index (κ2) is 6.12. The van der Waals surface area contributed by atoms with E-state index in [9.17, 15) is 4.79 Å². The van der Waals surface area contributed by atoms with Crippen LogP contribution >= 0.6 is 0 Å². The Kier molecular flexibility index (Phi) is 4.79. The van der Waals surface area contributed by atoms with E-state index in [-0.39, 0.29) is 18.4 Å². The van der Waals surface area contributed by atoms with Gasteiger partial charge in [0.2, 0.25) is 0 Å². The van der Waals surface area contributed by atoms with Gasteiger partial charge >= 0.3 is 5.97 Å². The molecule has 1 aromatic rings.